The Hall–Kier alpha value is -1.97. The number of sulfonamides is 1. The van der Waals surface area contributed by atoms with E-state index in [0.29, 0.717) is 16.5 Å². The number of carboxylic acid groups (broad SMARTS) is 1. The Kier molecular flexibility index (Phi) is 4.33. The second-order valence-electron chi connectivity index (χ2n) is 5.36. The number of benzene rings is 1. The van der Waals surface area contributed by atoms with Crippen LogP contribution in [-0.2, 0) is 19.6 Å². The summed E-state index contributed by atoms with van der Waals surface area (Å²) >= 11 is 1.02. The van der Waals surface area contributed by atoms with Gasteiger partial charge in [-0.1, -0.05) is 18.2 Å². The van der Waals surface area contributed by atoms with Crippen molar-refractivity contribution in [1.82, 2.24) is 4.31 Å². The molecule has 24 heavy (non-hydrogen) atoms. The molecule has 0 saturated carbocycles. The lowest BCUT2D eigenvalue weighted by Gasteiger charge is -2.21. The second kappa shape index (κ2) is 6.15. The fourth-order valence-corrected chi connectivity index (χ4v) is 6.33. The first-order valence-corrected chi connectivity index (χ1v) is 9.48. The maximum absolute atomic E-state index is 13.1. The van der Waals surface area contributed by atoms with E-state index in [9.17, 15) is 23.1 Å². The van der Waals surface area contributed by atoms with E-state index in [4.69, 9.17) is 4.74 Å². The lowest BCUT2D eigenvalue weighted by molar-refractivity contribution is -0.140. The van der Waals surface area contributed by atoms with Gasteiger partial charge in [0.2, 0.25) is 10.0 Å². The summed E-state index contributed by atoms with van der Waals surface area (Å²) in [5.41, 5.74) is 0. The van der Waals surface area contributed by atoms with Gasteiger partial charge < -0.3 is 9.84 Å². The van der Waals surface area contributed by atoms with Crippen LogP contribution in [0.2, 0.25) is 0 Å². The van der Waals surface area contributed by atoms with Gasteiger partial charge in [0.15, 0.2) is 0 Å². The summed E-state index contributed by atoms with van der Waals surface area (Å²) in [5, 5.41) is 9.69. The molecule has 1 aromatic heterocycles. The van der Waals surface area contributed by atoms with Gasteiger partial charge >= 0.3 is 11.9 Å². The first-order valence-electron chi connectivity index (χ1n) is 7.22. The van der Waals surface area contributed by atoms with Gasteiger partial charge in [-0.3, -0.25) is 4.79 Å². The fraction of sp³-hybridized carbons (Fsp3) is 0.333. The molecule has 0 bridgehead atoms. The monoisotopic (exact) mass is 369 g/mol. The van der Waals surface area contributed by atoms with Crippen LogP contribution in [0.25, 0.3) is 10.1 Å². The van der Waals surface area contributed by atoms with Crippen molar-refractivity contribution < 1.29 is 27.9 Å². The van der Waals surface area contributed by atoms with Gasteiger partial charge in [0.25, 0.3) is 0 Å². The maximum atomic E-state index is 13.1. The number of fused-ring (bicyclic) bond motifs is 1. The molecule has 1 aliphatic rings. The lowest BCUT2D eigenvalue weighted by Crippen LogP contribution is -2.40. The largest absolute Gasteiger partial charge is 0.480 e. The Balaban J connectivity index is 2.24. The Bertz CT molecular complexity index is 917. The molecule has 1 N–H and O–H groups in total. The van der Waals surface area contributed by atoms with Crippen LogP contribution in [0, 0.1) is 0 Å². The van der Waals surface area contributed by atoms with Gasteiger partial charge in [-0.15, -0.1) is 11.3 Å². The molecule has 0 unspecified atom stereocenters. The Labute approximate surface area is 142 Å². The van der Waals surface area contributed by atoms with Crippen molar-refractivity contribution in [3.05, 3.63) is 29.1 Å². The van der Waals surface area contributed by atoms with Gasteiger partial charge in [0, 0.05) is 16.6 Å². The number of carbonyl (C=O) groups excluding carboxylic acids is 1. The van der Waals surface area contributed by atoms with E-state index in [-0.39, 0.29) is 22.7 Å². The predicted molar refractivity (Wildman–Crippen MR) is 87.7 cm³/mol. The highest BCUT2D eigenvalue weighted by Crippen LogP contribution is 2.38. The number of thiophene rings is 1. The number of carbonyl (C=O) groups is 2. The first-order chi connectivity index (χ1) is 11.4. The summed E-state index contributed by atoms with van der Waals surface area (Å²) in [7, 11) is -2.96. The van der Waals surface area contributed by atoms with Crippen molar-refractivity contribution in [2.24, 2.45) is 0 Å². The number of hydrogen-bond donors (Lipinski definition) is 1. The molecule has 1 saturated heterocycles. The molecule has 0 amide bonds. The summed E-state index contributed by atoms with van der Waals surface area (Å²) in [6.07, 6.45) is 0.718. The minimum absolute atomic E-state index is 0.0326. The highest BCUT2D eigenvalue weighted by atomic mass is 32.2. The Morgan fingerprint density at radius 2 is 2.04 bits per heavy atom. The van der Waals surface area contributed by atoms with Crippen LogP contribution in [-0.4, -0.2) is 49.5 Å². The number of nitrogens with zero attached hydrogens (tertiary/aromatic N) is 1. The molecule has 1 atom stereocenters. The zero-order valence-electron chi connectivity index (χ0n) is 12.8. The van der Waals surface area contributed by atoms with Crippen LogP contribution in [0.5, 0.6) is 0 Å². The molecule has 9 heteroatoms. The van der Waals surface area contributed by atoms with Crippen LogP contribution in [0.15, 0.2) is 29.2 Å². The third-order valence-electron chi connectivity index (χ3n) is 3.98. The van der Waals surface area contributed by atoms with Crippen molar-refractivity contribution in [3.63, 3.8) is 0 Å². The van der Waals surface area contributed by atoms with Crippen molar-refractivity contribution in [2.45, 2.75) is 23.8 Å². The van der Waals surface area contributed by atoms with Crippen LogP contribution < -0.4 is 0 Å². The topological polar surface area (TPSA) is 101 Å². The van der Waals surface area contributed by atoms with E-state index in [2.05, 4.69) is 0 Å². The Morgan fingerprint density at radius 1 is 1.33 bits per heavy atom. The van der Waals surface area contributed by atoms with E-state index in [0.717, 1.165) is 15.6 Å². The molecule has 2 heterocycles. The molecule has 3 rings (SSSR count). The third-order valence-corrected chi connectivity index (χ3v) is 7.25. The van der Waals surface area contributed by atoms with Gasteiger partial charge in [-0.2, -0.15) is 4.31 Å². The van der Waals surface area contributed by atoms with E-state index in [1.807, 2.05) is 0 Å². The smallest absolute Gasteiger partial charge is 0.349 e. The molecule has 2 aromatic rings. The number of methoxy groups -OCH3 is 1. The van der Waals surface area contributed by atoms with Crippen LogP contribution in [0.4, 0.5) is 0 Å². The minimum Gasteiger partial charge on any atom is -0.480 e. The Morgan fingerprint density at radius 3 is 2.71 bits per heavy atom. The van der Waals surface area contributed by atoms with Crippen molar-refractivity contribution in [1.29, 1.82) is 0 Å². The molecule has 7 nitrogen and oxygen atoms in total. The fourth-order valence-electron chi connectivity index (χ4n) is 2.90. The number of hydrogen-bond acceptors (Lipinski definition) is 6. The number of ether oxygens (including phenoxy) is 1. The van der Waals surface area contributed by atoms with E-state index < -0.39 is 28.0 Å². The highest BCUT2D eigenvalue weighted by Gasteiger charge is 2.42. The quantitative estimate of drug-likeness (QED) is 0.827. The molecule has 0 radical (unpaired) electrons. The average Bonchev–Trinajstić information content (AvgIpc) is 3.19. The van der Waals surface area contributed by atoms with Crippen LogP contribution in [0.3, 0.4) is 0 Å². The van der Waals surface area contributed by atoms with Crippen molar-refractivity contribution in [3.8, 4) is 0 Å². The molecule has 1 aromatic carbocycles. The highest BCUT2D eigenvalue weighted by molar-refractivity contribution is 7.89. The summed E-state index contributed by atoms with van der Waals surface area (Å²) in [6.45, 7) is 0.115. The van der Waals surface area contributed by atoms with Crippen LogP contribution >= 0.6 is 11.3 Å². The number of carboxylic acids is 1. The van der Waals surface area contributed by atoms with Gasteiger partial charge in [0.1, 0.15) is 15.8 Å². The number of esters is 1. The van der Waals surface area contributed by atoms with E-state index in [1.54, 1.807) is 24.3 Å². The van der Waals surface area contributed by atoms with Gasteiger partial charge in [-0.25, -0.2) is 13.2 Å². The predicted octanol–water partition coefficient (Wildman–Crippen LogP) is 1.93. The molecular formula is C15H15NO6S2. The lowest BCUT2D eigenvalue weighted by atomic mass is 10.2. The minimum atomic E-state index is -4.14. The second-order valence-corrected chi connectivity index (χ2v) is 8.24. The van der Waals surface area contributed by atoms with Gasteiger partial charge in [0.05, 0.1) is 7.11 Å². The third kappa shape index (κ3) is 2.58. The van der Waals surface area contributed by atoms with E-state index >= 15 is 0 Å². The first kappa shape index (κ1) is 16.9. The zero-order valence-corrected chi connectivity index (χ0v) is 14.4. The SMILES string of the molecule is COC(=O)c1sc2ccccc2c1S(=O)(=O)N1CCC[C@@H]1C(=O)O. The molecule has 0 aliphatic carbocycles. The molecule has 1 fully saturated rings. The standard InChI is InChI=1S/C15H15NO6S2/c1-22-15(19)12-13(9-5-2-3-7-11(9)23-12)24(20,21)16-8-4-6-10(16)14(17)18/h2-3,5,7,10H,4,6,8H2,1H3,(H,17,18)/t10-/m1/s1. The summed E-state index contributed by atoms with van der Waals surface area (Å²) in [4.78, 5) is 23.2. The normalized spacial score (nSPS) is 18.8. The molecule has 1 aliphatic heterocycles. The number of aliphatic carboxylic acids is 1. The van der Waals surface area contributed by atoms with Crippen molar-refractivity contribution >= 4 is 43.4 Å². The molecule has 128 valence electrons. The number of rotatable bonds is 4. The maximum Gasteiger partial charge on any atom is 0.349 e. The summed E-state index contributed by atoms with van der Waals surface area (Å²) in [6, 6.07) is 5.63. The summed E-state index contributed by atoms with van der Waals surface area (Å²) < 4.78 is 32.6. The van der Waals surface area contributed by atoms with Gasteiger partial charge in [-0.05, 0) is 18.9 Å². The zero-order chi connectivity index (χ0) is 17.5. The average molecular weight is 369 g/mol. The molecule has 0 spiro atoms. The van der Waals surface area contributed by atoms with Crippen molar-refractivity contribution in [2.75, 3.05) is 13.7 Å². The van der Waals surface area contributed by atoms with E-state index in [1.165, 1.54) is 7.11 Å². The summed E-state index contributed by atoms with van der Waals surface area (Å²) in [5.74, 6) is -1.93. The van der Waals surface area contributed by atoms with Crippen LogP contribution in [0.1, 0.15) is 22.5 Å². The molecular weight excluding hydrogens is 354 g/mol.